The Morgan fingerprint density at radius 3 is 2.05 bits per heavy atom. The minimum Gasteiger partial charge on any atom is -0.465 e. The molecule has 2 fully saturated rings. The average molecular weight is 315 g/mol. The number of carbonyl (C=O) groups is 1. The molecule has 1 amide bonds. The summed E-state index contributed by atoms with van der Waals surface area (Å²) < 4.78 is 6.32. The molecule has 2 bridgehead atoms. The van der Waals surface area contributed by atoms with Gasteiger partial charge in [-0.25, -0.2) is 4.79 Å². The number of amides is 1. The summed E-state index contributed by atoms with van der Waals surface area (Å²) in [6.07, 6.45) is 2.17. The van der Waals surface area contributed by atoms with E-state index < -0.39 is 25.5 Å². The minimum absolute atomic E-state index is 0.0822. The summed E-state index contributed by atoms with van der Waals surface area (Å²) in [5, 5.41) is 19.4. The summed E-state index contributed by atoms with van der Waals surface area (Å²) in [4.78, 5) is 13.2. The molecule has 0 unspecified atom stereocenters. The first-order valence-corrected chi connectivity index (χ1v) is 10.7. The van der Waals surface area contributed by atoms with E-state index in [0.29, 0.717) is 6.61 Å². The molecule has 2 saturated heterocycles. The molecule has 6 heteroatoms. The molecule has 0 aromatic rings. The predicted octanol–water partition coefficient (Wildman–Crippen LogP) is 3.05. The van der Waals surface area contributed by atoms with E-state index in [9.17, 15) is 15.0 Å². The van der Waals surface area contributed by atoms with E-state index >= 15 is 0 Å². The Balaban J connectivity index is 2.18. The van der Waals surface area contributed by atoms with Crippen LogP contribution in [-0.4, -0.2) is 53.8 Å². The Bertz CT molecular complexity index is 422. The molecule has 0 saturated carbocycles. The van der Waals surface area contributed by atoms with E-state index in [1.165, 1.54) is 4.90 Å². The Morgan fingerprint density at radius 1 is 1.19 bits per heavy atom. The van der Waals surface area contributed by atoms with Gasteiger partial charge in [0.15, 0.2) is 8.32 Å². The highest BCUT2D eigenvalue weighted by molar-refractivity contribution is 6.74. The van der Waals surface area contributed by atoms with Crippen LogP contribution in [0.1, 0.15) is 46.5 Å². The van der Waals surface area contributed by atoms with Gasteiger partial charge in [-0.3, -0.25) is 4.90 Å². The largest absolute Gasteiger partial charge is 0.465 e. The van der Waals surface area contributed by atoms with Crippen molar-refractivity contribution in [1.82, 2.24) is 4.90 Å². The van der Waals surface area contributed by atoms with Crippen molar-refractivity contribution in [3.05, 3.63) is 0 Å². The minimum atomic E-state index is -1.90. The molecule has 0 aromatic heterocycles. The van der Waals surface area contributed by atoms with Gasteiger partial charge in [-0.2, -0.15) is 0 Å². The summed E-state index contributed by atoms with van der Waals surface area (Å²) in [5.74, 6) is 0. The third-order valence-electron chi connectivity index (χ3n) is 6.05. The third-order valence-corrected chi connectivity index (χ3v) is 10.5. The number of hydrogen-bond acceptors (Lipinski definition) is 3. The van der Waals surface area contributed by atoms with Crippen molar-refractivity contribution in [3.8, 4) is 0 Å². The van der Waals surface area contributed by atoms with Gasteiger partial charge in [0.2, 0.25) is 0 Å². The molecular formula is C15H29NO4Si. The van der Waals surface area contributed by atoms with Crippen LogP contribution in [0, 0.1) is 0 Å². The second-order valence-electron chi connectivity index (χ2n) is 8.27. The number of fused-ring (bicyclic) bond motifs is 2. The van der Waals surface area contributed by atoms with Gasteiger partial charge in [-0.05, 0) is 43.8 Å². The Kier molecular flexibility index (Phi) is 3.96. The summed E-state index contributed by atoms with van der Waals surface area (Å²) in [6, 6.07) is 0. The van der Waals surface area contributed by atoms with Crippen LogP contribution < -0.4 is 0 Å². The number of nitrogens with zero attached hydrogens (tertiary/aromatic N) is 1. The van der Waals surface area contributed by atoms with Crippen LogP contribution in [-0.2, 0) is 4.43 Å². The van der Waals surface area contributed by atoms with Crippen molar-refractivity contribution in [3.63, 3.8) is 0 Å². The van der Waals surface area contributed by atoms with Crippen LogP contribution >= 0.6 is 0 Å². The van der Waals surface area contributed by atoms with Gasteiger partial charge in [-0.15, -0.1) is 0 Å². The van der Waals surface area contributed by atoms with Crippen molar-refractivity contribution in [1.29, 1.82) is 0 Å². The van der Waals surface area contributed by atoms with E-state index in [2.05, 4.69) is 33.9 Å². The highest BCUT2D eigenvalue weighted by Gasteiger charge is 2.63. The monoisotopic (exact) mass is 315 g/mol. The molecule has 21 heavy (non-hydrogen) atoms. The smallest absolute Gasteiger partial charge is 0.408 e. The maximum atomic E-state index is 11.7. The molecular weight excluding hydrogens is 286 g/mol. The SMILES string of the molecule is CC(C)(C)[Si](C)(C)OCC12CCC(CO)(CC1)N2C(=O)O. The molecule has 0 aromatic carbocycles. The van der Waals surface area contributed by atoms with Crippen LogP contribution in [0.3, 0.4) is 0 Å². The maximum absolute atomic E-state index is 11.7. The van der Waals surface area contributed by atoms with E-state index in [1.54, 1.807) is 0 Å². The molecule has 2 aliphatic rings. The zero-order chi connectivity index (χ0) is 16.1. The maximum Gasteiger partial charge on any atom is 0.408 e. The number of aliphatic hydroxyl groups is 1. The molecule has 2 heterocycles. The second kappa shape index (κ2) is 4.96. The molecule has 2 rings (SSSR count). The lowest BCUT2D eigenvalue weighted by molar-refractivity contribution is 0.0313. The van der Waals surface area contributed by atoms with E-state index in [-0.39, 0.29) is 11.6 Å². The predicted molar refractivity (Wildman–Crippen MR) is 84.0 cm³/mol. The topological polar surface area (TPSA) is 70.0 Å². The zero-order valence-corrected chi connectivity index (χ0v) is 14.9. The Morgan fingerprint density at radius 2 is 1.67 bits per heavy atom. The Labute approximate surface area is 128 Å². The first-order chi connectivity index (χ1) is 9.50. The van der Waals surface area contributed by atoms with Crippen LogP contribution in [0.4, 0.5) is 4.79 Å². The number of aliphatic hydroxyl groups excluding tert-OH is 1. The summed E-state index contributed by atoms with van der Waals surface area (Å²) >= 11 is 0. The molecule has 0 atom stereocenters. The van der Waals surface area contributed by atoms with Crippen LogP contribution in [0.2, 0.25) is 18.1 Å². The lowest BCUT2D eigenvalue weighted by Crippen LogP contribution is -2.55. The van der Waals surface area contributed by atoms with Crippen molar-refractivity contribution in [2.24, 2.45) is 0 Å². The van der Waals surface area contributed by atoms with Crippen molar-refractivity contribution >= 4 is 14.4 Å². The highest BCUT2D eigenvalue weighted by Crippen LogP contribution is 2.54. The van der Waals surface area contributed by atoms with Crippen LogP contribution in [0.15, 0.2) is 0 Å². The molecule has 5 nitrogen and oxygen atoms in total. The summed E-state index contributed by atoms with van der Waals surface area (Å²) in [7, 11) is -1.90. The standard InChI is InChI=1S/C15H29NO4Si/c1-13(2,3)21(4,5)20-11-15-8-6-14(10-17,7-9-15)16(15)12(18)19/h17H,6-11H2,1-5H3,(H,18,19). The highest BCUT2D eigenvalue weighted by atomic mass is 28.4. The molecule has 122 valence electrons. The number of carboxylic acid groups (broad SMARTS) is 1. The summed E-state index contributed by atoms with van der Waals surface area (Å²) in [5.41, 5.74) is -0.993. The first-order valence-electron chi connectivity index (χ1n) is 7.78. The first kappa shape index (κ1) is 16.8. The average Bonchev–Trinajstić information content (AvgIpc) is 2.87. The Hall–Kier alpha value is -0.593. The van der Waals surface area contributed by atoms with E-state index in [0.717, 1.165) is 25.7 Å². The molecule has 0 aliphatic carbocycles. The van der Waals surface area contributed by atoms with Crippen molar-refractivity contribution in [2.75, 3.05) is 13.2 Å². The van der Waals surface area contributed by atoms with E-state index in [1.807, 2.05) is 0 Å². The quantitative estimate of drug-likeness (QED) is 0.782. The summed E-state index contributed by atoms with van der Waals surface area (Å²) in [6.45, 7) is 11.3. The lowest BCUT2D eigenvalue weighted by atomic mass is 9.83. The molecule has 0 spiro atoms. The fraction of sp³-hybridized carbons (Fsp3) is 0.933. The van der Waals surface area contributed by atoms with E-state index in [4.69, 9.17) is 4.43 Å². The van der Waals surface area contributed by atoms with Gasteiger partial charge < -0.3 is 14.6 Å². The van der Waals surface area contributed by atoms with Gasteiger partial charge >= 0.3 is 6.09 Å². The lowest BCUT2D eigenvalue weighted by Gasteiger charge is -2.41. The van der Waals surface area contributed by atoms with Crippen molar-refractivity contribution in [2.45, 2.75) is 75.7 Å². The van der Waals surface area contributed by atoms with Crippen LogP contribution in [0.5, 0.6) is 0 Å². The fourth-order valence-electron chi connectivity index (χ4n) is 3.51. The van der Waals surface area contributed by atoms with Gasteiger partial charge in [0.1, 0.15) is 0 Å². The number of rotatable bonds is 4. The van der Waals surface area contributed by atoms with Crippen LogP contribution in [0.25, 0.3) is 0 Å². The molecule has 2 aliphatic heterocycles. The zero-order valence-electron chi connectivity index (χ0n) is 13.9. The fourth-order valence-corrected chi connectivity index (χ4v) is 4.57. The molecule has 0 radical (unpaired) electrons. The second-order valence-corrected chi connectivity index (χ2v) is 13.1. The van der Waals surface area contributed by atoms with Gasteiger partial charge in [-0.1, -0.05) is 20.8 Å². The normalized spacial score (nSPS) is 32.8. The van der Waals surface area contributed by atoms with Gasteiger partial charge in [0, 0.05) is 0 Å². The van der Waals surface area contributed by atoms with Crippen molar-refractivity contribution < 1.29 is 19.4 Å². The number of hydrogen-bond donors (Lipinski definition) is 2. The van der Waals surface area contributed by atoms with Gasteiger partial charge in [0.25, 0.3) is 0 Å². The third kappa shape index (κ3) is 2.51. The van der Waals surface area contributed by atoms with Gasteiger partial charge in [0.05, 0.1) is 24.3 Å². The molecule has 2 N–H and O–H groups in total.